The second-order valence-electron chi connectivity index (χ2n) is 7.79. The smallest absolute Gasteiger partial charge is 0.346 e. The standard InChI is InChI=1S/C20H21Cl2FN3O9P/c1-9(16(29)32-3)25-36(31)35-17(33-12-5-4-10(21)8-11(12)22)14-15(28)20(2,23)18(34-14)26-7-6-13(27)24-19(26)30/h4-9,14-15,17-18,28H,1-3H3,(H,24,27,30)/t9-,14+,15+,17?,18+,20+/m0/s1. The van der Waals surface area contributed by atoms with Gasteiger partial charge < -0.3 is 24.2 Å². The first kappa shape index (κ1) is 28.2. The van der Waals surface area contributed by atoms with E-state index in [2.05, 4.69) is 9.48 Å². The highest BCUT2D eigenvalue weighted by atomic mass is 35.5. The van der Waals surface area contributed by atoms with Crippen LogP contribution in [0.2, 0.25) is 10.0 Å². The molecule has 0 saturated carbocycles. The zero-order valence-electron chi connectivity index (χ0n) is 19.0. The summed E-state index contributed by atoms with van der Waals surface area (Å²) in [6.45, 7) is 2.25. The van der Waals surface area contributed by atoms with Crippen molar-refractivity contribution in [3.8, 4) is 5.75 Å². The third-order valence-electron chi connectivity index (χ3n) is 5.17. The molecule has 196 valence electrons. The third kappa shape index (κ3) is 6.12. The highest BCUT2D eigenvalue weighted by Gasteiger charge is 2.59. The number of aromatic amines is 1. The number of aromatic nitrogens is 2. The van der Waals surface area contributed by atoms with Gasteiger partial charge in [0.2, 0.25) is 0 Å². The Morgan fingerprint density at radius 2 is 2.08 bits per heavy atom. The predicted molar refractivity (Wildman–Crippen MR) is 124 cm³/mol. The Morgan fingerprint density at radius 1 is 1.39 bits per heavy atom. The largest absolute Gasteiger partial charge is 0.583 e. The summed E-state index contributed by atoms with van der Waals surface area (Å²) in [4.78, 5) is 49.8. The number of ether oxygens (including phenoxy) is 3. The number of esters is 1. The summed E-state index contributed by atoms with van der Waals surface area (Å²) in [6.07, 6.45) is -6.27. The van der Waals surface area contributed by atoms with Gasteiger partial charge in [-0.25, -0.2) is 14.0 Å². The molecule has 1 aromatic heterocycles. The average molecular weight is 568 g/mol. The van der Waals surface area contributed by atoms with E-state index >= 15 is 4.39 Å². The zero-order chi connectivity index (χ0) is 26.8. The van der Waals surface area contributed by atoms with Crippen molar-refractivity contribution in [3.63, 3.8) is 0 Å². The fraction of sp³-hybridized carbons (Fsp3) is 0.450. The van der Waals surface area contributed by atoms with Crippen molar-refractivity contribution in [2.45, 2.75) is 50.3 Å². The summed E-state index contributed by atoms with van der Waals surface area (Å²) in [7, 11) is -1.89. The van der Waals surface area contributed by atoms with E-state index in [9.17, 15) is 24.4 Å². The Kier molecular flexibility index (Phi) is 8.88. The van der Waals surface area contributed by atoms with E-state index in [-0.39, 0.29) is 15.8 Å². The quantitative estimate of drug-likeness (QED) is 0.274. The molecule has 0 amide bonds. The van der Waals surface area contributed by atoms with Gasteiger partial charge in [0.15, 0.2) is 24.0 Å². The molecule has 7 atom stereocenters. The van der Waals surface area contributed by atoms with Crippen molar-refractivity contribution in [2.75, 3.05) is 7.11 Å². The van der Waals surface area contributed by atoms with E-state index in [1.165, 1.54) is 25.1 Å². The molecule has 0 radical (unpaired) electrons. The van der Waals surface area contributed by atoms with Crippen LogP contribution in [-0.4, -0.2) is 57.9 Å². The lowest BCUT2D eigenvalue weighted by atomic mass is 9.98. The minimum Gasteiger partial charge on any atom is -0.583 e. The molecular weight excluding hydrogens is 547 g/mol. The first-order valence-electron chi connectivity index (χ1n) is 10.2. The fourth-order valence-corrected chi connectivity index (χ4v) is 4.53. The Morgan fingerprint density at radius 3 is 2.69 bits per heavy atom. The van der Waals surface area contributed by atoms with E-state index in [1.54, 1.807) is 0 Å². The Balaban J connectivity index is 1.99. The van der Waals surface area contributed by atoms with Crippen LogP contribution in [0.5, 0.6) is 5.75 Å². The average Bonchev–Trinajstić information content (AvgIpc) is 3.03. The zero-order valence-corrected chi connectivity index (χ0v) is 21.4. The number of carbonyl (C=O) groups is 1. The van der Waals surface area contributed by atoms with Crippen molar-refractivity contribution in [1.29, 1.82) is 0 Å². The monoisotopic (exact) mass is 567 g/mol. The van der Waals surface area contributed by atoms with E-state index < -0.39 is 61.8 Å². The number of halogens is 3. The Hall–Kier alpha value is -2.38. The van der Waals surface area contributed by atoms with Crippen LogP contribution < -0.4 is 20.9 Å². The number of methoxy groups -OCH3 is 1. The third-order valence-corrected chi connectivity index (χ3v) is 6.62. The molecule has 0 aliphatic carbocycles. The topological polar surface area (TPSA) is 164 Å². The molecule has 3 rings (SSSR count). The summed E-state index contributed by atoms with van der Waals surface area (Å²) in [5, 5.41) is 11.0. The highest BCUT2D eigenvalue weighted by Crippen LogP contribution is 2.44. The molecule has 2 unspecified atom stereocenters. The van der Waals surface area contributed by atoms with E-state index in [1.807, 2.05) is 4.98 Å². The molecule has 1 aliphatic heterocycles. The molecule has 36 heavy (non-hydrogen) atoms. The Bertz CT molecular complexity index is 1270. The number of carbonyl (C=O) groups excluding carboxylic acids is 1. The van der Waals surface area contributed by atoms with Crippen molar-refractivity contribution in [1.82, 2.24) is 9.55 Å². The minimum absolute atomic E-state index is 0.00454. The van der Waals surface area contributed by atoms with Crippen LogP contribution in [0.1, 0.15) is 20.1 Å². The first-order chi connectivity index (χ1) is 16.8. The predicted octanol–water partition coefficient (Wildman–Crippen LogP) is 1.67. The number of nitrogens with zero attached hydrogens (tertiary/aromatic N) is 2. The summed E-state index contributed by atoms with van der Waals surface area (Å²) >= 11 is 12.0. The van der Waals surface area contributed by atoms with Crippen molar-refractivity contribution >= 4 is 37.3 Å². The van der Waals surface area contributed by atoms with Gasteiger partial charge in [0.25, 0.3) is 11.8 Å². The SMILES string of the molecule is COC(=O)[C@H](C)N=[P+]([O-])OC(Oc1ccc(Cl)cc1Cl)[C@@H]1O[C@@H](n2ccc(=O)[nH]c2=O)[C@](C)(F)[C@@H]1O. The van der Waals surface area contributed by atoms with Gasteiger partial charge in [-0.05, 0) is 32.0 Å². The van der Waals surface area contributed by atoms with Crippen LogP contribution in [-0.2, 0) is 18.8 Å². The molecule has 2 aromatic rings. The molecule has 1 aliphatic rings. The summed E-state index contributed by atoms with van der Waals surface area (Å²) in [5.41, 5.74) is -4.35. The van der Waals surface area contributed by atoms with Gasteiger partial charge in [-0.15, -0.1) is 4.52 Å². The maximum absolute atomic E-state index is 15.7. The lowest BCUT2D eigenvalue weighted by molar-refractivity contribution is -0.206. The second kappa shape index (κ2) is 11.3. The number of hydrogen-bond donors (Lipinski definition) is 2. The van der Waals surface area contributed by atoms with Crippen LogP contribution >= 0.6 is 31.4 Å². The van der Waals surface area contributed by atoms with Gasteiger partial charge >= 0.3 is 19.8 Å². The number of rotatable bonds is 8. The normalized spacial score (nSPS) is 25.9. The van der Waals surface area contributed by atoms with Crippen molar-refractivity contribution in [3.05, 3.63) is 61.3 Å². The minimum atomic E-state index is -3.00. The molecule has 2 heterocycles. The number of aliphatic hydroxyl groups excluding tert-OH is 1. The molecule has 2 N–H and O–H groups in total. The first-order valence-corrected chi connectivity index (χ1v) is 12.1. The van der Waals surface area contributed by atoms with Crippen LogP contribution in [0.25, 0.3) is 0 Å². The molecule has 0 spiro atoms. The molecular formula is C20H21Cl2FN3O9P. The molecule has 16 heteroatoms. The van der Waals surface area contributed by atoms with Gasteiger partial charge in [0.05, 0.1) is 12.1 Å². The summed E-state index contributed by atoms with van der Waals surface area (Å²) in [5.74, 6) is -0.859. The number of hydrogen-bond acceptors (Lipinski definition) is 10. The van der Waals surface area contributed by atoms with E-state index in [0.29, 0.717) is 0 Å². The van der Waals surface area contributed by atoms with Crippen LogP contribution in [0.3, 0.4) is 0 Å². The molecule has 1 aromatic carbocycles. The summed E-state index contributed by atoms with van der Waals surface area (Å²) in [6, 6.07) is 3.85. The van der Waals surface area contributed by atoms with Crippen LogP contribution in [0.4, 0.5) is 4.39 Å². The van der Waals surface area contributed by atoms with Gasteiger partial charge in [-0.3, -0.25) is 14.3 Å². The highest BCUT2D eigenvalue weighted by molar-refractivity contribution is 7.33. The maximum Gasteiger partial charge on any atom is 0.346 e. The number of benzene rings is 1. The van der Waals surface area contributed by atoms with Gasteiger partial charge in [-0.1, -0.05) is 27.9 Å². The lowest BCUT2D eigenvalue weighted by Gasteiger charge is -2.25. The van der Waals surface area contributed by atoms with Crippen molar-refractivity contribution in [2.24, 2.45) is 4.74 Å². The molecule has 1 fully saturated rings. The van der Waals surface area contributed by atoms with E-state index in [0.717, 1.165) is 30.9 Å². The fourth-order valence-electron chi connectivity index (χ4n) is 3.31. The van der Waals surface area contributed by atoms with Crippen LogP contribution in [0.15, 0.2) is 44.8 Å². The van der Waals surface area contributed by atoms with E-state index in [4.69, 9.17) is 37.2 Å². The number of H-pyrrole nitrogens is 1. The van der Waals surface area contributed by atoms with Crippen LogP contribution in [0, 0.1) is 0 Å². The second-order valence-corrected chi connectivity index (χ2v) is 9.55. The Labute approximate surface area is 214 Å². The van der Waals surface area contributed by atoms with Gasteiger partial charge in [0, 0.05) is 17.3 Å². The molecule has 0 bridgehead atoms. The number of nitrogens with one attached hydrogen (secondary N) is 1. The lowest BCUT2D eigenvalue weighted by Crippen LogP contribution is -2.46. The van der Waals surface area contributed by atoms with Gasteiger partial charge in [0.1, 0.15) is 11.9 Å². The number of aliphatic hydroxyl groups is 1. The molecule has 12 nitrogen and oxygen atoms in total. The number of alkyl halides is 1. The van der Waals surface area contributed by atoms with Gasteiger partial charge in [-0.2, -0.15) is 0 Å². The van der Waals surface area contributed by atoms with Crippen molar-refractivity contribution < 1.29 is 37.9 Å². The molecule has 1 saturated heterocycles. The summed E-state index contributed by atoms with van der Waals surface area (Å²) < 4.78 is 41.1. The maximum atomic E-state index is 15.7.